The number of aliphatic carboxylic acids is 1. The normalized spacial score (nSPS) is 12.3. The van der Waals surface area contributed by atoms with Gasteiger partial charge in [-0.05, 0) is 35.6 Å². The number of benzene rings is 2. The van der Waals surface area contributed by atoms with Gasteiger partial charge < -0.3 is 9.84 Å². The van der Waals surface area contributed by atoms with E-state index in [1.807, 2.05) is 36.4 Å². The molecular formula is C19H20O3. The molecule has 0 aliphatic heterocycles. The molecule has 1 N–H and O–H groups in total. The van der Waals surface area contributed by atoms with E-state index in [9.17, 15) is 4.79 Å². The maximum atomic E-state index is 10.8. The van der Waals surface area contributed by atoms with Gasteiger partial charge in [-0.3, -0.25) is 0 Å². The Balaban J connectivity index is 2.33. The third-order valence-electron chi connectivity index (χ3n) is 3.67. The molecule has 0 aromatic heterocycles. The number of methoxy groups -OCH3 is 1. The monoisotopic (exact) mass is 296 g/mol. The van der Waals surface area contributed by atoms with Crippen molar-refractivity contribution in [2.45, 2.75) is 19.3 Å². The molecule has 114 valence electrons. The van der Waals surface area contributed by atoms with Crippen LogP contribution >= 0.6 is 0 Å². The predicted octanol–water partition coefficient (Wildman–Crippen LogP) is 4.14. The van der Waals surface area contributed by atoms with Crippen LogP contribution in [0.4, 0.5) is 0 Å². The van der Waals surface area contributed by atoms with Crippen molar-refractivity contribution in [2.24, 2.45) is 0 Å². The molecule has 1 unspecified atom stereocenters. The molecule has 22 heavy (non-hydrogen) atoms. The lowest BCUT2D eigenvalue weighted by molar-refractivity contribution is -0.131. The van der Waals surface area contributed by atoms with Crippen molar-refractivity contribution in [1.29, 1.82) is 0 Å². The van der Waals surface area contributed by atoms with Crippen LogP contribution in [0.1, 0.15) is 29.5 Å². The van der Waals surface area contributed by atoms with Crippen LogP contribution in [-0.4, -0.2) is 18.2 Å². The lowest BCUT2D eigenvalue weighted by atomic mass is 9.90. The smallest absolute Gasteiger partial charge is 0.328 e. The van der Waals surface area contributed by atoms with Crippen LogP contribution in [0, 0.1) is 0 Å². The van der Waals surface area contributed by atoms with Crippen LogP contribution in [0.5, 0.6) is 5.75 Å². The van der Waals surface area contributed by atoms with E-state index in [4.69, 9.17) is 9.84 Å². The van der Waals surface area contributed by atoms with Crippen LogP contribution in [0.2, 0.25) is 0 Å². The summed E-state index contributed by atoms with van der Waals surface area (Å²) >= 11 is 0. The average molecular weight is 296 g/mol. The van der Waals surface area contributed by atoms with E-state index in [2.05, 4.69) is 19.1 Å². The first kappa shape index (κ1) is 15.8. The minimum Gasteiger partial charge on any atom is -0.496 e. The molecule has 0 aliphatic carbocycles. The van der Waals surface area contributed by atoms with E-state index >= 15 is 0 Å². The van der Waals surface area contributed by atoms with Crippen molar-refractivity contribution >= 4 is 12.0 Å². The summed E-state index contributed by atoms with van der Waals surface area (Å²) in [5.74, 6) is 0.148. The van der Waals surface area contributed by atoms with Gasteiger partial charge in [-0.2, -0.15) is 0 Å². The SMILES string of the molecule is COc1cccc(C=CC(=O)O)c1CC(C)c1ccccc1. The topological polar surface area (TPSA) is 46.5 Å². The van der Waals surface area contributed by atoms with Gasteiger partial charge in [0.15, 0.2) is 0 Å². The molecule has 0 radical (unpaired) electrons. The van der Waals surface area contributed by atoms with Crippen molar-refractivity contribution in [3.63, 3.8) is 0 Å². The van der Waals surface area contributed by atoms with Crippen LogP contribution in [0.3, 0.4) is 0 Å². The van der Waals surface area contributed by atoms with Crippen molar-refractivity contribution in [3.05, 3.63) is 71.3 Å². The van der Waals surface area contributed by atoms with E-state index in [-0.39, 0.29) is 0 Å². The summed E-state index contributed by atoms with van der Waals surface area (Å²) in [6.45, 7) is 2.16. The van der Waals surface area contributed by atoms with Crippen molar-refractivity contribution < 1.29 is 14.6 Å². The number of hydrogen-bond donors (Lipinski definition) is 1. The molecule has 0 saturated carbocycles. The molecule has 1 atom stereocenters. The maximum absolute atomic E-state index is 10.8. The molecule has 2 aromatic rings. The molecule has 2 rings (SSSR count). The third kappa shape index (κ3) is 3.98. The van der Waals surface area contributed by atoms with Gasteiger partial charge in [0.2, 0.25) is 0 Å². The lowest BCUT2D eigenvalue weighted by Crippen LogP contribution is -2.03. The van der Waals surface area contributed by atoms with Gasteiger partial charge in [0.1, 0.15) is 5.75 Å². The highest BCUT2D eigenvalue weighted by Gasteiger charge is 2.13. The fourth-order valence-corrected chi connectivity index (χ4v) is 2.52. The highest BCUT2D eigenvalue weighted by molar-refractivity contribution is 5.85. The van der Waals surface area contributed by atoms with Gasteiger partial charge >= 0.3 is 5.97 Å². The standard InChI is InChI=1S/C19H20O3/c1-14(15-7-4-3-5-8-15)13-17-16(11-12-19(20)21)9-6-10-18(17)22-2/h3-12,14H,13H2,1-2H3,(H,20,21). The number of carboxylic acid groups (broad SMARTS) is 1. The second-order valence-corrected chi connectivity index (χ2v) is 5.22. The van der Waals surface area contributed by atoms with Gasteiger partial charge in [-0.15, -0.1) is 0 Å². The van der Waals surface area contributed by atoms with Gasteiger partial charge in [0.05, 0.1) is 7.11 Å². The molecule has 3 nitrogen and oxygen atoms in total. The Hall–Kier alpha value is -2.55. The van der Waals surface area contributed by atoms with Gasteiger partial charge in [-0.25, -0.2) is 4.79 Å². The fourth-order valence-electron chi connectivity index (χ4n) is 2.52. The molecule has 0 amide bonds. The van der Waals surface area contributed by atoms with Crippen molar-refractivity contribution in [2.75, 3.05) is 7.11 Å². The summed E-state index contributed by atoms with van der Waals surface area (Å²) in [6, 6.07) is 16.0. The van der Waals surface area contributed by atoms with E-state index in [0.717, 1.165) is 29.4 Å². The fraction of sp³-hybridized carbons (Fsp3) is 0.211. The number of carboxylic acids is 1. The molecule has 0 fully saturated rings. The Morgan fingerprint density at radius 2 is 1.91 bits per heavy atom. The Bertz CT molecular complexity index is 660. The van der Waals surface area contributed by atoms with E-state index in [1.54, 1.807) is 13.2 Å². The van der Waals surface area contributed by atoms with Gasteiger partial charge in [0, 0.05) is 11.6 Å². The Labute approximate surface area is 130 Å². The summed E-state index contributed by atoms with van der Waals surface area (Å²) in [4.78, 5) is 10.8. The van der Waals surface area contributed by atoms with Gasteiger partial charge in [0.25, 0.3) is 0 Å². The molecule has 0 aliphatic rings. The van der Waals surface area contributed by atoms with Crippen LogP contribution in [0.15, 0.2) is 54.6 Å². The van der Waals surface area contributed by atoms with Crippen molar-refractivity contribution in [3.8, 4) is 5.75 Å². The van der Waals surface area contributed by atoms with Crippen molar-refractivity contribution in [1.82, 2.24) is 0 Å². The van der Waals surface area contributed by atoms with Crippen LogP contribution in [0.25, 0.3) is 6.08 Å². The minimum absolute atomic E-state index is 0.314. The molecule has 0 saturated heterocycles. The zero-order valence-corrected chi connectivity index (χ0v) is 12.8. The second-order valence-electron chi connectivity index (χ2n) is 5.22. The number of carbonyl (C=O) groups is 1. The van der Waals surface area contributed by atoms with Crippen LogP contribution in [-0.2, 0) is 11.2 Å². The lowest BCUT2D eigenvalue weighted by Gasteiger charge is -2.17. The third-order valence-corrected chi connectivity index (χ3v) is 3.67. The minimum atomic E-state index is -0.954. The Morgan fingerprint density at radius 1 is 1.18 bits per heavy atom. The number of hydrogen-bond acceptors (Lipinski definition) is 2. The molecule has 0 heterocycles. The predicted molar refractivity (Wildman–Crippen MR) is 88.2 cm³/mol. The summed E-state index contributed by atoms with van der Waals surface area (Å²) in [5.41, 5.74) is 3.16. The average Bonchev–Trinajstić information content (AvgIpc) is 2.54. The molecule has 0 bridgehead atoms. The van der Waals surface area contributed by atoms with Gasteiger partial charge in [-0.1, -0.05) is 49.4 Å². The maximum Gasteiger partial charge on any atom is 0.328 e. The van der Waals surface area contributed by atoms with E-state index in [0.29, 0.717) is 5.92 Å². The first-order valence-electron chi connectivity index (χ1n) is 7.23. The molecule has 2 aromatic carbocycles. The first-order valence-corrected chi connectivity index (χ1v) is 7.23. The first-order chi connectivity index (χ1) is 10.6. The zero-order valence-electron chi connectivity index (χ0n) is 12.8. The summed E-state index contributed by atoms with van der Waals surface area (Å²) < 4.78 is 5.45. The Morgan fingerprint density at radius 3 is 2.55 bits per heavy atom. The number of rotatable bonds is 6. The molecule has 3 heteroatoms. The van der Waals surface area contributed by atoms with E-state index < -0.39 is 5.97 Å². The summed E-state index contributed by atoms with van der Waals surface area (Å²) in [5, 5.41) is 8.83. The number of ether oxygens (including phenoxy) is 1. The van der Waals surface area contributed by atoms with E-state index in [1.165, 1.54) is 5.56 Å². The second kappa shape index (κ2) is 7.46. The highest BCUT2D eigenvalue weighted by Crippen LogP contribution is 2.29. The molecule has 0 spiro atoms. The quantitative estimate of drug-likeness (QED) is 0.815. The molecular weight excluding hydrogens is 276 g/mol. The largest absolute Gasteiger partial charge is 0.496 e. The highest BCUT2D eigenvalue weighted by atomic mass is 16.5. The summed E-state index contributed by atoms with van der Waals surface area (Å²) in [7, 11) is 1.64. The zero-order chi connectivity index (χ0) is 15.9. The van der Waals surface area contributed by atoms with Crippen LogP contribution < -0.4 is 4.74 Å². The Kier molecular flexibility index (Phi) is 5.37. The summed E-state index contributed by atoms with van der Waals surface area (Å²) in [6.07, 6.45) is 3.57.